The number of benzene rings is 2. The molecule has 0 radical (unpaired) electrons. The van der Waals surface area contributed by atoms with Crippen LogP contribution in [-0.4, -0.2) is 9.38 Å². The van der Waals surface area contributed by atoms with Crippen molar-refractivity contribution in [2.75, 3.05) is 0 Å². The van der Waals surface area contributed by atoms with E-state index < -0.39 is 0 Å². The van der Waals surface area contributed by atoms with Gasteiger partial charge in [0.1, 0.15) is 17.2 Å². The largest absolute Gasteiger partial charge is 0.283 e. The lowest BCUT2D eigenvalue weighted by molar-refractivity contribution is 0.628. The van der Waals surface area contributed by atoms with Gasteiger partial charge in [-0.05, 0) is 56.2 Å². The fraction of sp³-hybridized carbons (Fsp3) is 0.136. The number of imidazole rings is 1. The lowest BCUT2D eigenvalue weighted by atomic mass is 10.0. The molecule has 0 fully saturated rings. The van der Waals surface area contributed by atoms with Crippen LogP contribution in [0.2, 0.25) is 0 Å². The summed E-state index contributed by atoms with van der Waals surface area (Å²) >= 11 is 0. The van der Waals surface area contributed by atoms with E-state index in [0.717, 1.165) is 28.0 Å². The minimum atomic E-state index is -0.338. The van der Waals surface area contributed by atoms with E-state index >= 15 is 0 Å². The zero-order valence-electron chi connectivity index (χ0n) is 15.4. The number of rotatable bonds is 3. The van der Waals surface area contributed by atoms with E-state index in [2.05, 4.69) is 42.3 Å². The molecule has 4 aromatic rings. The van der Waals surface area contributed by atoms with Crippen molar-refractivity contribution in [3.63, 3.8) is 0 Å². The molecule has 0 aliphatic heterocycles. The summed E-state index contributed by atoms with van der Waals surface area (Å²) in [5, 5.41) is 8.67. The van der Waals surface area contributed by atoms with Crippen LogP contribution in [0.5, 0.6) is 0 Å². The van der Waals surface area contributed by atoms with Crippen LogP contribution >= 0.6 is 0 Å². The second-order valence-electron chi connectivity index (χ2n) is 6.71. The van der Waals surface area contributed by atoms with Crippen LogP contribution in [0.1, 0.15) is 16.7 Å². The molecule has 0 bridgehead atoms. The number of aromatic nitrogens is 2. The van der Waals surface area contributed by atoms with Crippen molar-refractivity contribution in [1.82, 2.24) is 9.38 Å². The van der Waals surface area contributed by atoms with Gasteiger partial charge in [-0.25, -0.2) is 9.37 Å². The molecular weight excluding hydrogens is 339 g/mol. The fourth-order valence-electron chi connectivity index (χ4n) is 3.13. The van der Waals surface area contributed by atoms with Crippen molar-refractivity contribution in [1.29, 1.82) is 0 Å². The molecule has 0 spiro atoms. The van der Waals surface area contributed by atoms with Gasteiger partial charge in [0.2, 0.25) is 0 Å². The molecule has 0 unspecified atom stereocenters. The van der Waals surface area contributed by atoms with Crippen LogP contribution in [0.15, 0.2) is 71.0 Å². The van der Waals surface area contributed by atoms with Crippen molar-refractivity contribution in [3.05, 3.63) is 83.3 Å². The monoisotopic (exact) mass is 358 g/mol. The Kier molecular flexibility index (Phi) is 4.28. The molecule has 2 aromatic carbocycles. The van der Waals surface area contributed by atoms with Gasteiger partial charge in [-0.3, -0.25) is 4.40 Å². The fourth-order valence-corrected chi connectivity index (χ4v) is 3.13. The molecule has 0 aliphatic rings. The predicted molar refractivity (Wildman–Crippen MR) is 105 cm³/mol. The highest BCUT2D eigenvalue weighted by Crippen LogP contribution is 2.34. The normalized spacial score (nSPS) is 11.6. The molecule has 0 saturated heterocycles. The maximum Gasteiger partial charge on any atom is 0.187 e. The molecule has 0 amide bonds. The van der Waals surface area contributed by atoms with Gasteiger partial charge in [0, 0.05) is 17.8 Å². The summed E-state index contributed by atoms with van der Waals surface area (Å²) in [4.78, 5) is 4.80. The van der Waals surface area contributed by atoms with E-state index in [4.69, 9.17) is 4.98 Å². The first kappa shape index (κ1) is 17.1. The Balaban J connectivity index is 1.91. The Bertz CT molecular complexity index is 1170. The molecule has 2 aromatic heterocycles. The summed E-state index contributed by atoms with van der Waals surface area (Å²) in [6, 6.07) is 16.3. The van der Waals surface area contributed by atoms with Crippen LogP contribution in [0.3, 0.4) is 0 Å². The SMILES string of the molecule is Cc1ccc(-c2nc3cc(C)ccn3c2N=Nc2cccc(F)c2)c(C)c1. The molecule has 134 valence electrons. The Hall–Kier alpha value is -3.34. The van der Waals surface area contributed by atoms with Crippen LogP contribution < -0.4 is 0 Å². The highest BCUT2D eigenvalue weighted by atomic mass is 19.1. The Labute approximate surface area is 157 Å². The summed E-state index contributed by atoms with van der Waals surface area (Å²) < 4.78 is 15.4. The molecule has 0 N–H and O–H groups in total. The molecule has 0 aliphatic carbocycles. The van der Waals surface area contributed by atoms with Crippen molar-refractivity contribution < 1.29 is 4.39 Å². The van der Waals surface area contributed by atoms with Crippen LogP contribution in [0.4, 0.5) is 15.9 Å². The smallest absolute Gasteiger partial charge is 0.187 e. The minimum absolute atomic E-state index is 0.338. The number of nitrogens with zero attached hydrogens (tertiary/aromatic N) is 4. The second kappa shape index (κ2) is 6.76. The van der Waals surface area contributed by atoms with Gasteiger partial charge >= 0.3 is 0 Å². The topological polar surface area (TPSA) is 42.0 Å². The third kappa shape index (κ3) is 3.36. The molecule has 5 heteroatoms. The molecule has 0 atom stereocenters. The molecular formula is C22H19FN4. The minimum Gasteiger partial charge on any atom is -0.283 e. The van der Waals surface area contributed by atoms with E-state index in [-0.39, 0.29) is 5.82 Å². The number of fused-ring (bicyclic) bond motifs is 1. The Morgan fingerprint density at radius 3 is 2.48 bits per heavy atom. The first-order chi connectivity index (χ1) is 13.0. The van der Waals surface area contributed by atoms with Crippen LogP contribution in [0, 0.1) is 26.6 Å². The average molecular weight is 358 g/mol. The molecule has 0 saturated carbocycles. The van der Waals surface area contributed by atoms with Crippen molar-refractivity contribution in [2.24, 2.45) is 10.2 Å². The maximum atomic E-state index is 13.4. The first-order valence-corrected chi connectivity index (χ1v) is 8.75. The second-order valence-corrected chi connectivity index (χ2v) is 6.71. The number of hydrogen-bond acceptors (Lipinski definition) is 3. The number of pyridine rings is 1. The lowest BCUT2D eigenvalue weighted by Gasteiger charge is -2.05. The van der Waals surface area contributed by atoms with E-state index in [1.807, 2.05) is 29.7 Å². The molecule has 27 heavy (non-hydrogen) atoms. The van der Waals surface area contributed by atoms with Gasteiger partial charge in [0.05, 0.1) is 5.69 Å². The van der Waals surface area contributed by atoms with Crippen molar-refractivity contribution in [3.8, 4) is 11.3 Å². The van der Waals surface area contributed by atoms with Gasteiger partial charge in [-0.2, -0.15) is 0 Å². The maximum absolute atomic E-state index is 13.4. The zero-order valence-corrected chi connectivity index (χ0v) is 15.4. The van der Waals surface area contributed by atoms with Crippen LogP contribution in [0.25, 0.3) is 16.9 Å². The number of hydrogen-bond donors (Lipinski definition) is 0. The first-order valence-electron chi connectivity index (χ1n) is 8.75. The third-order valence-corrected chi connectivity index (χ3v) is 4.46. The molecule has 4 nitrogen and oxygen atoms in total. The van der Waals surface area contributed by atoms with Gasteiger partial charge in [-0.1, -0.05) is 29.8 Å². The quantitative estimate of drug-likeness (QED) is 0.386. The standard InChI is InChI=1S/C22H19FN4/c1-14-7-8-19(16(3)11-14)21-22(26-25-18-6-4-5-17(23)13-18)27-10-9-15(2)12-20(27)24-21/h4-13H,1-3H3. The highest BCUT2D eigenvalue weighted by molar-refractivity contribution is 5.77. The third-order valence-electron chi connectivity index (χ3n) is 4.46. The number of halogens is 1. The van der Waals surface area contributed by atoms with Crippen molar-refractivity contribution >= 4 is 17.2 Å². The summed E-state index contributed by atoms with van der Waals surface area (Å²) in [5.41, 5.74) is 6.47. The highest BCUT2D eigenvalue weighted by Gasteiger charge is 2.16. The van der Waals surface area contributed by atoms with Gasteiger partial charge in [0.15, 0.2) is 5.82 Å². The number of azo groups is 1. The van der Waals surface area contributed by atoms with E-state index in [0.29, 0.717) is 11.5 Å². The van der Waals surface area contributed by atoms with E-state index in [1.54, 1.807) is 12.1 Å². The van der Waals surface area contributed by atoms with Gasteiger partial charge in [-0.15, -0.1) is 10.2 Å². The van der Waals surface area contributed by atoms with Crippen LogP contribution in [-0.2, 0) is 0 Å². The van der Waals surface area contributed by atoms with Gasteiger partial charge < -0.3 is 0 Å². The molecule has 4 rings (SSSR count). The van der Waals surface area contributed by atoms with Crippen molar-refractivity contribution in [2.45, 2.75) is 20.8 Å². The van der Waals surface area contributed by atoms with Gasteiger partial charge in [0.25, 0.3) is 0 Å². The summed E-state index contributed by atoms with van der Waals surface area (Å²) in [7, 11) is 0. The number of aryl methyl sites for hydroxylation is 3. The summed E-state index contributed by atoms with van der Waals surface area (Å²) in [6.07, 6.45) is 1.94. The summed E-state index contributed by atoms with van der Waals surface area (Å²) in [6.45, 7) is 6.15. The zero-order chi connectivity index (χ0) is 19.0. The molecule has 2 heterocycles. The van der Waals surface area contributed by atoms with E-state index in [9.17, 15) is 4.39 Å². The lowest BCUT2D eigenvalue weighted by Crippen LogP contribution is -1.86. The predicted octanol–water partition coefficient (Wildman–Crippen LogP) is 6.48. The Morgan fingerprint density at radius 1 is 0.889 bits per heavy atom. The summed E-state index contributed by atoms with van der Waals surface area (Å²) in [5.74, 6) is 0.288. The van der Waals surface area contributed by atoms with E-state index in [1.165, 1.54) is 17.7 Å². The average Bonchev–Trinajstić information content (AvgIpc) is 2.97. The Morgan fingerprint density at radius 2 is 1.70 bits per heavy atom.